The Hall–Kier alpha value is -1.82. The van der Waals surface area contributed by atoms with E-state index in [2.05, 4.69) is 6.92 Å². The SMILES string of the molecule is C[C@@H]1CC[C@@](Cc2ccccc2)([C@@H](C#N)C(=O)O)C1. The van der Waals surface area contributed by atoms with Crippen molar-refractivity contribution in [2.75, 3.05) is 0 Å². The number of carboxylic acid groups (broad SMARTS) is 1. The van der Waals surface area contributed by atoms with Crippen molar-refractivity contribution in [1.82, 2.24) is 0 Å². The highest BCUT2D eigenvalue weighted by molar-refractivity contribution is 5.74. The molecule has 1 aliphatic rings. The predicted molar refractivity (Wildman–Crippen MR) is 72.3 cm³/mol. The summed E-state index contributed by atoms with van der Waals surface area (Å²) in [6, 6.07) is 11.9. The van der Waals surface area contributed by atoms with Gasteiger partial charge in [-0.15, -0.1) is 0 Å². The molecule has 3 heteroatoms. The van der Waals surface area contributed by atoms with Gasteiger partial charge < -0.3 is 5.11 Å². The average molecular weight is 257 g/mol. The molecule has 2 rings (SSSR count). The summed E-state index contributed by atoms with van der Waals surface area (Å²) in [5.74, 6) is -1.39. The largest absolute Gasteiger partial charge is 0.480 e. The zero-order valence-electron chi connectivity index (χ0n) is 11.2. The lowest BCUT2D eigenvalue weighted by Crippen LogP contribution is -2.35. The number of hydrogen-bond donors (Lipinski definition) is 1. The van der Waals surface area contributed by atoms with Gasteiger partial charge in [-0.05, 0) is 30.7 Å². The summed E-state index contributed by atoms with van der Waals surface area (Å²) in [5.41, 5.74) is 0.722. The molecule has 3 atom stereocenters. The molecule has 3 nitrogen and oxygen atoms in total. The van der Waals surface area contributed by atoms with Crippen LogP contribution in [0.2, 0.25) is 0 Å². The fourth-order valence-electron chi connectivity index (χ4n) is 3.41. The summed E-state index contributed by atoms with van der Waals surface area (Å²) in [7, 11) is 0. The molecule has 0 radical (unpaired) electrons. The van der Waals surface area contributed by atoms with Gasteiger partial charge in [0.15, 0.2) is 0 Å². The molecule has 0 unspecified atom stereocenters. The van der Waals surface area contributed by atoms with E-state index in [1.807, 2.05) is 36.4 Å². The number of nitriles is 1. The Kier molecular flexibility index (Phi) is 3.90. The zero-order valence-corrected chi connectivity index (χ0v) is 11.2. The van der Waals surface area contributed by atoms with Crippen molar-refractivity contribution >= 4 is 5.97 Å². The molecule has 1 fully saturated rings. The van der Waals surface area contributed by atoms with Gasteiger partial charge in [-0.2, -0.15) is 5.26 Å². The molecule has 0 bridgehead atoms. The van der Waals surface area contributed by atoms with Gasteiger partial charge in [0.2, 0.25) is 0 Å². The molecule has 0 saturated heterocycles. The number of carbonyl (C=O) groups is 1. The van der Waals surface area contributed by atoms with Gasteiger partial charge in [0.25, 0.3) is 0 Å². The number of aliphatic carboxylic acids is 1. The summed E-state index contributed by atoms with van der Waals surface area (Å²) in [4.78, 5) is 11.4. The van der Waals surface area contributed by atoms with Crippen LogP contribution >= 0.6 is 0 Å². The van der Waals surface area contributed by atoms with Crippen molar-refractivity contribution in [2.45, 2.75) is 32.6 Å². The second-order valence-electron chi connectivity index (χ2n) is 5.77. The zero-order chi connectivity index (χ0) is 13.9. The van der Waals surface area contributed by atoms with Gasteiger partial charge in [-0.3, -0.25) is 4.79 Å². The second kappa shape index (κ2) is 5.44. The van der Waals surface area contributed by atoms with E-state index in [1.165, 1.54) is 0 Å². The highest BCUT2D eigenvalue weighted by Gasteiger charge is 2.47. The minimum Gasteiger partial charge on any atom is -0.480 e. The maximum atomic E-state index is 11.4. The molecule has 1 aromatic carbocycles. The first-order valence-corrected chi connectivity index (χ1v) is 6.74. The van der Waals surface area contributed by atoms with Crippen molar-refractivity contribution in [3.05, 3.63) is 35.9 Å². The molecule has 0 amide bonds. The molecule has 0 aliphatic heterocycles. The molecular weight excluding hydrogens is 238 g/mol. The minimum absolute atomic E-state index is 0.401. The molecule has 1 N–H and O–H groups in total. The van der Waals surface area contributed by atoms with E-state index in [9.17, 15) is 15.2 Å². The maximum Gasteiger partial charge on any atom is 0.321 e. The van der Waals surface area contributed by atoms with E-state index in [-0.39, 0.29) is 0 Å². The topological polar surface area (TPSA) is 61.1 Å². The third-order valence-corrected chi connectivity index (χ3v) is 4.28. The van der Waals surface area contributed by atoms with Crippen molar-refractivity contribution in [3.8, 4) is 6.07 Å². The van der Waals surface area contributed by atoms with Crippen LogP contribution in [-0.4, -0.2) is 11.1 Å². The lowest BCUT2D eigenvalue weighted by Gasteiger charge is -2.31. The fraction of sp³-hybridized carbons (Fsp3) is 0.500. The Morgan fingerprint density at radius 2 is 2.21 bits per heavy atom. The molecule has 0 spiro atoms. The monoisotopic (exact) mass is 257 g/mol. The first-order valence-electron chi connectivity index (χ1n) is 6.74. The summed E-state index contributed by atoms with van der Waals surface area (Å²) in [6.45, 7) is 2.14. The molecule has 100 valence electrons. The number of nitrogens with zero attached hydrogens (tertiary/aromatic N) is 1. The number of rotatable bonds is 4. The predicted octanol–water partition coefficient (Wildman–Crippen LogP) is 3.26. The molecule has 0 heterocycles. The highest BCUT2D eigenvalue weighted by atomic mass is 16.4. The smallest absolute Gasteiger partial charge is 0.321 e. The van der Waals surface area contributed by atoms with Crippen LogP contribution < -0.4 is 0 Å². The second-order valence-corrected chi connectivity index (χ2v) is 5.77. The fourth-order valence-corrected chi connectivity index (χ4v) is 3.41. The minimum atomic E-state index is -0.979. The van der Waals surface area contributed by atoms with Crippen LogP contribution in [0.25, 0.3) is 0 Å². The molecule has 1 aromatic rings. The van der Waals surface area contributed by atoms with Crippen LogP contribution in [0.1, 0.15) is 31.7 Å². The Labute approximate surface area is 113 Å². The van der Waals surface area contributed by atoms with Gasteiger partial charge in [0.1, 0.15) is 5.92 Å². The third-order valence-electron chi connectivity index (χ3n) is 4.28. The van der Waals surface area contributed by atoms with Gasteiger partial charge in [0, 0.05) is 5.41 Å². The van der Waals surface area contributed by atoms with E-state index in [1.54, 1.807) is 0 Å². The molecule has 0 aromatic heterocycles. The lowest BCUT2D eigenvalue weighted by molar-refractivity contribution is -0.143. The van der Waals surface area contributed by atoms with Gasteiger partial charge >= 0.3 is 5.97 Å². The first-order chi connectivity index (χ1) is 9.07. The van der Waals surface area contributed by atoms with Crippen LogP contribution in [0.3, 0.4) is 0 Å². The maximum absolute atomic E-state index is 11.4. The van der Waals surface area contributed by atoms with E-state index in [0.717, 1.165) is 24.8 Å². The van der Waals surface area contributed by atoms with Crippen LogP contribution in [-0.2, 0) is 11.2 Å². The summed E-state index contributed by atoms with van der Waals surface area (Å²) >= 11 is 0. The summed E-state index contributed by atoms with van der Waals surface area (Å²) in [6.07, 6.45) is 3.35. The lowest BCUT2D eigenvalue weighted by atomic mass is 9.70. The van der Waals surface area contributed by atoms with E-state index < -0.39 is 17.3 Å². The molecular formula is C16H19NO2. The first kappa shape index (κ1) is 13.6. The highest BCUT2D eigenvalue weighted by Crippen LogP contribution is 2.49. The van der Waals surface area contributed by atoms with Crippen molar-refractivity contribution in [3.63, 3.8) is 0 Å². The van der Waals surface area contributed by atoms with Crippen LogP contribution in [0.15, 0.2) is 30.3 Å². The number of carboxylic acids is 1. The van der Waals surface area contributed by atoms with Gasteiger partial charge in [-0.25, -0.2) is 0 Å². The number of benzene rings is 1. The Bertz CT molecular complexity index is 491. The number of hydrogen-bond acceptors (Lipinski definition) is 2. The normalized spacial score (nSPS) is 27.7. The average Bonchev–Trinajstić information content (AvgIpc) is 2.73. The molecule has 1 saturated carbocycles. The van der Waals surface area contributed by atoms with Crippen LogP contribution in [0.4, 0.5) is 0 Å². The Morgan fingerprint density at radius 3 is 2.68 bits per heavy atom. The third kappa shape index (κ3) is 2.78. The summed E-state index contributed by atoms with van der Waals surface area (Å²) < 4.78 is 0. The van der Waals surface area contributed by atoms with Crippen molar-refractivity contribution in [1.29, 1.82) is 5.26 Å². The van der Waals surface area contributed by atoms with Gasteiger partial charge in [-0.1, -0.05) is 43.7 Å². The Morgan fingerprint density at radius 1 is 1.53 bits per heavy atom. The quantitative estimate of drug-likeness (QED) is 0.900. The van der Waals surface area contributed by atoms with E-state index >= 15 is 0 Å². The van der Waals surface area contributed by atoms with Crippen molar-refractivity contribution < 1.29 is 9.90 Å². The van der Waals surface area contributed by atoms with Crippen LogP contribution in [0.5, 0.6) is 0 Å². The van der Waals surface area contributed by atoms with Gasteiger partial charge in [0.05, 0.1) is 6.07 Å². The molecule has 19 heavy (non-hydrogen) atoms. The summed E-state index contributed by atoms with van der Waals surface area (Å²) in [5, 5.41) is 18.6. The standard InChI is InChI=1S/C16H19NO2/c1-12-7-8-16(9-12,14(11-17)15(18)19)10-13-5-3-2-4-6-13/h2-6,12,14H,7-10H2,1H3,(H,18,19)/t12-,14+,16-/m1/s1. The van der Waals surface area contributed by atoms with Crippen LogP contribution in [0, 0.1) is 28.6 Å². The van der Waals surface area contributed by atoms with E-state index in [4.69, 9.17) is 0 Å². The van der Waals surface area contributed by atoms with Crippen molar-refractivity contribution in [2.24, 2.45) is 17.3 Å². The molecule has 1 aliphatic carbocycles. The Balaban J connectivity index is 2.31. The van der Waals surface area contributed by atoms with E-state index in [0.29, 0.717) is 12.3 Å².